The Morgan fingerprint density at radius 1 is 1.38 bits per heavy atom. The molecule has 0 aliphatic carbocycles. The predicted octanol–water partition coefficient (Wildman–Crippen LogP) is 1.60. The van der Waals surface area contributed by atoms with Crippen LogP contribution in [0.5, 0.6) is 0 Å². The van der Waals surface area contributed by atoms with Gasteiger partial charge in [-0.1, -0.05) is 0 Å². The smallest absolute Gasteiger partial charge is 0.177 e. The number of sulfone groups is 1. The van der Waals surface area contributed by atoms with Crippen LogP contribution >= 0.6 is 0 Å². The Labute approximate surface area is 123 Å². The minimum Gasteiger partial charge on any atom is -0.382 e. The quantitative estimate of drug-likeness (QED) is 0.820. The molecule has 2 rings (SSSR count). The van der Waals surface area contributed by atoms with Gasteiger partial charge in [0.1, 0.15) is 0 Å². The van der Waals surface area contributed by atoms with Crippen LogP contribution in [0, 0.1) is 0 Å². The summed E-state index contributed by atoms with van der Waals surface area (Å²) in [6, 6.07) is 4.57. The molecule has 0 aliphatic rings. The molecule has 1 aromatic heterocycles. The van der Waals surface area contributed by atoms with Gasteiger partial charge in [0, 0.05) is 37.3 Å². The highest BCUT2D eigenvalue weighted by molar-refractivity contribution is 7.90. The third-order valence-electron chi connectivity index (χ3n) is 3.03. The van der Waals surface area contributed by atoms with Gasteiger partial charge in [-0.15, -0.1) is 0 Å². The van der Waals surface area contributed by atoms with Crippen LogP contribution in [0.2, 0.25) is 0 Å². The lowest BCUT2D eigenvalue weighted by Crippen LogP contribution is -2.12. The number of carbonyl (C=O) groups excluding carboxylic acids is 1. The number of carbonyl (C=O) groups is 1. The predicted molar refractivity (Wildman–Crippen MR) is 80.3 cm³/mol. The molecule has 6 nitrogen and oxygen atoms in total. The number of Topliss-reactive ketones (excluding diaryl/α,β-unsaturated/α-hetero) is 1. The zero-order valence-corrected chi connectivity index (χ0v) is 12.7. The monoisotopic (exact) mass is 307 g/mol. The van der Waals surface area contributed by atoms with Gasteiger partial charge in [0.15, 0.2) is 15.6 Å². The van der Waals surface area contributed by atoms with Crippen LogP contribution in [0.25, 0.3) is 0 Å². The van der Waals surface area contributed by atoms with Crippen molar-refractivity contribution >= 4 is 21.3 Å². The zero-order valence-electron chi connectivity index (χ0n) is 11.9. The van der Waals surface area contributed by atoms with Crippen LogP contribution < -0.4 is 5.32 Å². The second-order valence-electron chi connectivity index (χ2n) is 4.77. The van der Waals surface area contributed by atoms with Gasteiger partial charge >= 0.3 is 0 Å². The van der Waals surface area contributed by atoms with Crippen molar-refractivity contribution in [3.63, 3.8) is 0 Å². The molecule has 1 aromatic carbocycles. The lowest BCUT2D eigenvalue weighted by atomic mass is 10.1. The summed E-state index contributed by atoms with van der Waals surface area (Å²) in [6.07, 6.45) is 6.34. The maximum atomic E-state index is 11.8. The minimum absolute atomic E-state index is 0.104. The Morgan fingerprint density at radius 3 is 2.71 bits per heavy atom. The number of rotatable bonds is 6. The molecule has 0 aliphatic heterocycles. The van der Waals surface area contributed by atoms with Crippen molar-refractivity contribution < 1.29 is 13.2 Å². The van der Waals surface area contributed by atoms with E-state index in [4.69, 9.17) is 0 Å². The van der Waals surface area contributed by atoms with E-state index in [-0.39, 0.29) is 10.7 Å². The van der Waals surface area contributed by atoms with Gasteiger partial charge in [-0.2, -0.15) is 0 Å². The van der Waals surface area contributed by atoms with Gasteiger partial charge < -0.3 is 9.88 Å². The molecule has 1 N–H and O–H groups in total. The van der Waals surface area contributed by atoms with Crippen LogP contribution in [-0.4, -0.2) is 36.6 Å². The SMILES string of the molecule is CC(=O)c1ccc(S(C)(=O)=O)c(NCCn2ccnc2)c1. The molecule has 1 heterocycles. The third kappa shape index (κ3) is 3.91. The Bertz CT molecular complexity index is 737. The first-order valence-corrected chi connectivity index (χ1v) is 8.32. The molecule has 0 radical (unpaired) electrons. The Hall–Kier alpha value is -2.15. The van der Waals surface area contributed by atoms with E-state index in [2.05, 4.69) is 10.3 Å². The first-order chi connectivity index (χ1) is 9.88. The van der Waals surface area contributed by atoms with Gasteiger partial charge in [0.2, 0.25) is 0 Å². The minimum atomic E-state index is -3.35. The lowest BCUT2D eigenvalue weighted by Gasteiger charge is -2.12. The normalized spacial score (nSPS) is 11.3. The summed E-state index contributed by atoms with van der Waals surface area (Å²) in [5.74, 6) is -0.104. The van der Waals surface area contributed by atoms with Gasteiger partial charge in [-0.3, -0.25) is 4.79 Å². The van der Waals surface area contributed by atoms with E-state index in [1.165, 1.54) is 19.1 Å². The Kier molecular flexibility index (Phi) is 4.42. The first-order valence-electron chi connectivity index (χ1n) is 6.42. The van der Waals surface area contributed by atoms with Gasteiger partial charge in [0.25, 0.3) is 0 Å². The average molecular weight is 307 g/mol. The fourth-order valence-electron chi connectivity index (χ4n) is 1.95. The molecule has 0 fully saturated rings. The van der Waals surface area contributed by atoms with Crippen LogP contribution in [0.3, 0.4) is 0 Å². The zero-order chi connectivity index (χ0) is 15.5. The van der Waals surface area contributed by atoms with Crippen molar-refractivity contribution in [2.45, 2.75) is 18.4 Å². The molecule has 0 unspecified atom stereocenters. The average Bonchev–Trinajstić information content (AvgIpc) is 2.90. The number of ketones is 1. The standard InChI is InChI=1S/C14H17N3O3S/c1-11(18)12-3-4-14(21(2,19)20)13(9-12)16-6-8-17-7-5-15-10-17/h3-5,7,9-10,16H,6,8H2,1-2H3. The number of aromatic nitrogens is 2. The molecule has 21 heavy (non-hydrogen) atoms. The number of hydrogen-bond acceptors (Lipinski definition) is 5. The van der Waals surface area contributed by atoms with Crippen LogP contribution in [0.4, 0.5) is 5.69 Å². The van der Waals surface area contributed by atoms with Crippen molar-refractivity contribution in [3.8, 4) is 0 Å². The fourth-order valence-corrected chi connectivity index (χ4v) is 2.79. The second-order valence-corrected chi connectivity index (χ2v) is 6.75. The molecule has 112 valence electrons. The Morgan fingerprint density at radius 2 is 2.14 bits per heavy atom. The highest BCUT2D eigenvalue weighted by Crippen LogP contribution is 2.23. The number of anilines is 1. The highest BCUT2D eigenvalue weighted by Gasteiger charge is 2.14. The van der Waals surface area contributed by atoms with E-state index in [9.17, 15) is 13.2 Å². The summed E-state index contributed by atoms with van der Waals surface area (Å²) in [5, 5.41) is 3.07. The number of nitrogens with one attached hydrogen (secondary N) is 1. The molecule has 7 heteroatoms. The van der Waals surface area contributed by atoms with E-state index < -0.39 is 9.84 Å². The van der Waals surface area contributed by atoms with Crippen LogP contribution in [0.1, 0.15) is 17.3 Å². The van der Waals surface area contributed by atoms with Gasteiger partial charge in [-0.05, 0) is 25.1 Å². The van der Waals surface area contributed by atoms with Crippen molar-refractivity contribution in [2.24, 2.45) is 0 Å². The fraction of sp³-hybridized carbons (Fsp3) is 0.286. The Balaban J connectivity index is 2.22. The maximum Gasteiger partial charge on any atom is 0.177 e. The largest absolute Gasteiger partial charge is 0.382 e. The summed E-state index contributed by atoms with van der Waals surface area (Å²) in [7, 11) is -3.35. The third-order valence-corrected chi connectivity index (χ3v) is 4.19. The molecule has 0 amide bonds. The molecule has 0 bridgehead atoms. The van der Waals surface area contributed by atoms with Crippen molar-refractivity contribution in [1.82, 2.24) is 9.55 Å². The van der Waals surface area contributed by atoms with Crippen molar-refractivity contribution in [2.75, 3.05) is 18.1 Å². The number of imidazole rings is 1. The summed E-state index contributed by atoms with van der Waals surface area (Å²) in [5.41, 5.74) is 0.929. The number of nitrogens with zero attached hydrogens (tertiary/aromatic N) is 2. The first kappa shape index (κ1) is 15.2. The van der Waals surface area contributed by atoms with E-state index in [0.717, 1.165) is 6.26 Å². The number of hydrogen-bond donors (Lipinski definition) is 1. The second kappa shape index (κ2) is 6.09. The molecule has 0 saturated heterocycles. The molecular formula is C14H17N3O3S. The summed E-state index contributed by atoms with van der Waals surface area (Å²) in [4.78, 5) is 15.6. The van der Waals surface area contributed by atoms with E-state index in [1.807, 2.05) is 10.8 Å². The van der Waals surface area contributed by atoms with Crippen LogP contribution in [-0.2, 0) is 16.4 Å². The topological polar surface area (TPSA) is 81.1 Å². The molecule has 0 spiro atoms. The molecule has 2 aromatic rings. The van der Waals surface area contributed by atoms with Crippen LogP contribution in [0.15, 0.2) is 41.8 Å². The van der Waals surface area contributed by atoms with E-state index in [1.54, 1.807) is 18.6 Å². The summed E-state index contributed by atoms with van der Waals surface area (Å²) >= 11 is 0. The molecule has 0 atom stereocenters. The van der Waals surface area contributed by atoms with Crippen molar-refractivity contribution in [3.05, 3.63) is 42.5 Å². The summed E-state index contributed by atoms with van der Waals surface area (Å²) < 4.78 is 25.5. The number of benzene rings is 1. The van der Waals surface area contributed by atoms with Crippen molar-refractivity contribution in [1.29, 1.82) is 0 Å². The van der Waals surface area contributed by atoms with E-state index >= 15 is 0 Å². The van der Waals surface area contributed by atoms with Gasteiger partial charge in [-0.25, -0.2) is 13.4 Å². The lowest BCUT2D eigenvalue weighted by molar-refractivity contribution is 0.101. The van der Waals surface area contributed by atoms with Gasteiger partial charge in [0.05, 0.1) is 16.9 Å². The highest BCUT2D eigenvalue weighted by atomic mass is 32.2. The van der Waals surface area contributed by atoms with E-state index in [0.29, 0.717) is 24.3 Å². The molecule has 0 saturated carbocycles. The summed E-state index contributed by atoms with van der Waals surface area (Å²) in [6.45, 7) is 2.62. The molecular weight excluding hydrogens is 290 g/mol. The maximum absolute atomic E-state index is 11.8.